The van der Waals surface area contributed by atoms with Crippen LogP contribution in [0, 0.1) is 5.92 Å². The van der Waals surface area contributed by atoms with Crippen molar-refractivity contribution in [3.05, 3.63) is 52.6 Å². The van der Waals surface area contributed by atoms with Gasteiger partial charge in [-0.05, 0) is 76.3 Å². The monoisotopic (exact) mass is 588 g/mol. The number of nitrogens with zero attached hydrogens (tertiary/aromatic N) is 5. The van der Waals surface area contributed by atoms with Gasteiger partial charge >= 0.3 is 11.7 Å². The first kappa shape index (κ1) is 32.5. The number of amides is 3. The van der Waals surface area contributed by atoms with Crippen LogP contribution in [0.15, 0.2) is 41.3 Å². The smallest absolute Gasteiger partial charge is 0.338 e. The second-order valence-corrected chi connectivity index (χ2v) is 11.8. The first-order valence-corrected chi connectivity index (χ1v) is 14.3. The molecule has 2 aromatic rings. The summed E-state index contributed by atoms with van der Waals surface area (Å²) >= 11 is 0. The molecule has 1 atom stereocenters. The van der Waals surface area contributed by atoms with Gasteiger partial charge in [-0.25, -0.2) is 9.59 Å². The molecule has 1 aliphatic heterocycles. The highest BCUT2D eigenvalue weighted by Gasteiger charge is 2.31. The van der Waals surface area contributed by atoms with E-state index in [0.29, 0.717) is 49.9 Å². The van der Waals surface area contributed by atoms with Crippen molar-refractivity contribution in [3.63, 3.8) is 0 Å². The van der Waals surface area contributed by atoms with Crippen molar-refractivity contribution in [1.29, 1.82) is 0 Å². The molecule has 1 aliphatic carbocycles. The summed E-state index contributed by atoms with van der Waals surface area (Å²) in [5.41, 5.74) is 12.4. The zero-order valence-electron chi connectivity index (χ0n) is 24.6. The second-order valence-electron chi connectivity index (χ2n) is 11.8. The van der Waals surface area contributed by atoms with Crippen molar-refractivity contribution < 1.29 is 9.59 Å². The molecule has 41 heavy (non-hydrogen) atoms. The molecule has 2 aliphatic rings. The van der Waals surface area contributed by atoms with E-state index >= 15 is 0 Å². The fourth-order valence-corrected chi connectivity index (χ4v) is 5.53. The molecule has 2 fully saturated rings. The zero-order chi connectivity index (χ0) is 29.0. The van der Waals surface area contributed by atoms with E-state index in [-0.39, 0.29) is 30.2 Å². The predicted octanol–water partition coefficient (Wildman–Crippen LogP) is 2.06. The van der Waals surface area contributed by atoms with Crippen molar-refractivity contribution in [2.75, 3.05) is 44.6 Å². The fourth-order valence-electron chi connectivity index (χ4n) is 5.53. The van der Waals surface area contributed by atoms with E-state index in [1.165, 1.54) is 10.1 Å². The number of piperazine rings is 1. The van der Waals surface area contributed by atoms with Crippen LogP contribution in [0.25, 0.3) is 5.69 Å². The minimum Gasteiger partial charge on any atom is -0.338 e. The number of nitrogens with one attached hydrogen (secondary N) is 1. The first-order valence-electron chi connectivity index (χ1n) is 14.3. The van der Waals surface area contributed by atoms with E-state index in [1.807, 2.05) is 12.1 Å². The first-order chi connectivity index (χ1) is 18.9. The van der Waals surface area contributed by atoms with Crippen LogP contribution < -0.4 is 22.5 Å². The largest absolute Gasteiger partial charge is 0.354 e. The van der Waals surface area contributed by atoms with Gasteiger partial charge in [-0.15, -0.1) is 12.4 Å². The highest BCUT2D eigenvalue weighted by molar-refractivity contribution is 5.89. The zero-order valence-corrected chi connectivity index (χ0v) is 25.4. The standard InChI is InChI=1S/C29H44N8O3.ClH/c1-5-34(19-22-17-23(30)18-22)20(2)16-21-6-8-24(9-7-21)37-11-10-25(33-28(37)40)32-27(39)36-14-12-35(13-15-36)26(38)29(3,4)31;/h6-11,20,22-23H,5,12-19,30-31H2,1-4H3,(H,32,33,39,40);1H. The maximum atomic E-state index is 12.8. The Kier molecular flexibility index (Phi) is 10.9. The molecule has 11 nitrogen and oxygen atoms in total. The summed E-state index contributed by atoms with van der Waals surface area (Å²) in [5.74, 6) is 0.750. The third kappa shape index (κ3) is 8.28. The van der Waals surface area contributed by atoms with E-state index in [2.05, 4.69) is 41.2 Å². The van der Waals surface area contributed by atoms with E-state index in [4.69, 9.17) is 11.5 Å². The Bertz CT molecular complexity index is 1230. The number of carbonyl (C=O) groups excluding carboxylic acids is 2. The molecule has 5 N–H and O–H groups in total. The number of rotatable bonds is 9. The molecule has 1 saturated heterocycles. The van der Waals surface area contributed by atoms with E-state index in [1.54, 1.807) is 35.9 Å². The molecule has 2 heterocycles. The molecule has 3 amide bonds. The van der Waals surface area contributed by atoms with Crippen molar-refractivity contribution in [1.82, 2.24) is 24.3 Å². The SMILES string of the molecule is CCN(CC1CC(N)C1)C(C)Cc1ccc(-n2ccc(NC(=O)N3CCN(C(=O)C(C)(C)N)CC3)nc2=O)cc1.Cl. The highest BCUT2D eigenvalue weighted by Crippen LogP contribution is 2.27. The number of halogens is 1. The minimum atomic E-state index is -0.947. The van der Waals surface area contributed by atoms with Crippen molar-refractivity contribution in [2.24, 2.45) is 17.4 Å². The van der Waals surface area contributed by atoms with Gasteiger partial charge in [-0.3, -0.25) is 14.7 Å². The lowest BCUT2D eigenvalue weighted by molar-refractivity contribution is -0.137. The normalized spacial score (nSPS) is 19.8. The number of benzene rings is 1. The maximum Gasteiger partial charge on any atom is 0.354 e. The Morgan fingerprint density at radius 1 is 1.10 bits per heavy atom. The van der Waals surface area contributed by atoms with Gasteiger partial charge in [0.1, 0.15) is 5.82 Å². The Morgan fingerprint density at radius 2 is 1.71 bits per heavy atom. The number of nitrogens with two attached hydrogens (primary N) is 2. The van der Waals surface area contributed by atoms with Crippen LogP contribution in [0.4, 0.5) is 10.6 Å². The number of hydrogen-bond acceptors (Lipinski definition) is 7. The molecule has 0 spiro atoms. The summed E-state index contributed by atoms with van der Waals surface area (Å²) in [7, 11) is 0. The van der Waals surface area contributed by atoms with E-state index < -0.39 is 11.2 Å². The predicted molar refractivity (Wildman–Crippen MR) is 164 cm³/mol. The van der Waals surface area contributed by atoms with Gasteiger partial charge in [0.05, 0.1) is 11.2 Å². The third-order valence-electron chi connectivity index (χ3n) is 7.98. The van der Waals surface area contributed by atoms with Crippen LogP contribution in [0.1, 0.15) is 46.1 Å². The summed E-state index contributed by atoms with van der Waals surface area (Å²) in [6.45, 7) is 11.5. The van der Waals surface area contributed by atoms with E-state index in [0.717, 1.165) is 32.4 Å². The molecular weight excluding hydrogens is 544 g/mol. The fraction of sp³-hybridized carbons (Fsp3) is 0.586. The van der Waals surface area contributed by atoms with Gasteiger partial charge in [0, 0.05) is 51.0 Å². The molecule has 1 unspecified atom stereocenters. The summed E-state index contributed by atoms with van der Waals surface area (Å²) in [5, 5.41) is 2.70. The van der Waals surface area contributed by atoms with Crippen LogP contribution >= 0.6 is 12.4 Å². The maximum absolute atomic E-state index is 12.8. The summed E-state index contributed by atoms with van der Waals surface area (Å²) in [6, 6.07) is 9.99. The molecule has 4 rings (SSSR count). The molecule has 1 aromatic carbocycles. The van der Waals surface area contributed by atoms with Crippen LogP contribution in [-0.4, -0.2) is 93.1 Å². The van der Waals surface area contributed by atoms with Crippen molar-refractivity contribution >= 4 is 30.2 Å². The van der Waals surface area contributed by atoms with Crippen LogP contribution in [0.5, 0.6) is 0 Å². The number of anilines is 1. The number of aromatic nitrogens is 2. The minimum absolute atomic E-state index is 0. The quantitative estimate of drug-likeness (QED) is 0.407. The lowest BCUT2D eigenvalue weighted by Crippen LogP contribution is -2.58. The number of urea groups is 1. The lowest BCUT2D eigenvalue weighted by Gasteiger charge is -2.38. The lowest BCUT2D eigenvalue weighted by atomic mass is 9.80. The average Bonchev–Trinajstić information content (AvgIpc) is 2.90. The Morgan fingerprint density at radius 3 is 2.24 bits per heavy atom. The van der Waals surface area contributed by atoms with Gasteiger partial charge in [0.25, 0.3) is 0 Å². The summed E-state index contributed by atoms with van der Waals surface area (Å²) in [6.07, 6.45) is 4.79. The number of likely N-dealkylation sites (N-methyl/N-ethyl adjacent to an activating group) is 1. The van der Waals surface area contributed by atoms with Gasteiger partial charge in [0.15, 0.2) is 0 Å². The molecular formula is C29H45ClN8O3. The van der Waals surface area contributed by atoms with Crippen LogP contribution in [-0.2, 0) is 11.2 Å². The molecule has 1 saturated carbocycles. The molecule has 0 radical (unpaired) electrons. The Hall–Kier alpha value is -2.99. The van der Waals surface area contributed by atoms with Gasteiger partial charge < -0.3 is 26.2 Å². The number of hydrogen-bond donors (Lipinski definition) is 3. The second kappa shape index (κ2) is 13.8. The molecule has 0 bridgehead atoms. The Labute approximate surface area is 248 Å². The van der Waals surface area contributed by atoms with E-state index in [9.17, 15) is 14.4 Å². The van der Waals surface area contributed by atoms with Crippen LogP contribution in [0.3, 0.4) is 0 Å². The molecule has 226 valence electrons. The third-order valence-corrected chi connectivity index (χ3v) is 7.98. The topological polar surface area (TPSA) is 143 Å². The summed E-state index contributed by atoms with van der Waals surface area (Å²) in [4.78, 5) is 47.7. The van der Waals surface area contributed by atoms with Gasteiger partial charge in [0.2, 0.25) is 5.91 Å². The average molecular weight is 589 g/mol. The molecule has 1 aromatic heterocycles. The summed E-state index contributed by atoms with van der Waals surface area (Å²) < 4.78 is 1.46. The van der Waals surface area contributed by atoms with Gasteiger partial charge in [-0.2, -0.15) is 4.98 Å². The number of carbonyl (C=O) groups is 2. The van der Waals surface area contributed by atoms with Crippen LogP contribution in [0.2, 0.25) is 0 Å². The Balaban J connectivity index is 0.00000462. The van der Waals surface area contributed by atoms with Crippen molar-refractivity contribution in [2.45, 2.75) is 64.6 Å². The van der Waals surface area contributed by atoms with Crippen molar-refractivity contribution in [3.8, 4) is 5.69 Å². The molecule has 12 heteroatoms. The highest BCUT2D eigenvalue weighted by atomic mass is 35.5. The van der Waals surface area contributed by atoms with Gasteiger partial charge in [-0.1, -0.05) is 19.1 Å².